The third-order valence-electron chi connectivity index (χ3n) is 1.48. The molecule has 0 saturated carbocycles. The predicted octanol–water partition coefficient (Wildman–Crippen LogP) is 3.44. The van der Waals surface area contributed by atoms with Crippen LogP contribution in [0.25, 0.3) is 0 Å². The van der Waals surface area contributed by atoms with Crippen molar-refractivity contribution in [3.8, 4) is 12.1 Å². The Hall–Kier alpha value is -0.770. The summed E-state index contributed by atoms with van der Waals surface area (Å²) < 4.78 is 11.2. The summed E-state index contributed by atoms with van der Waals surface area (Å²) in [6.45, 7) is 2.18. The van der Waals surface area contributed by atoms with Gasteiger partial charge in [0.15, 0.2) is 0 Å². The fraction of sp³-hybridized carbons (Fsp3) is 0.600. The first-order chi connectivity index (χ1) is 5.41. The maximum atomic E-state index is 11.2. The van der Waals surface area contributed by atoms with Crippen molar-refractivity contribution in [3.05, 3.63) is 12.2 Å². The van der Waals surface area contributed by atoms with Crippen LogP contribution in [0.15, 0.2) is 12.2 Å². The first-order valence-corrected chi connectivity index (χ1v) is 4.18. The highest BCUT2D eigenvalue weighted by Crippen LogP contribution is 2.02. The molecule has 0 fully saturated rings. The Balaban J connectivity index is 3.05. The fourth-order valence-electron chi connectivity index (χ4n) is 0.863. The Labute approximate surface area is 68.5 Å². The number of halogens is 1. The molecular weight excluding hydrogens is 139 g/mol. The Kier molecular flexibility index (Phi) is 8.58. The highest BCUT2D eigenvalue weighted by molar-refractivity contribution is 5.11. The van der Waals surface area contributed by atoms with E-state index < -0.39 is 0 Å². The monoisotopic (exact) mass is 154 g/mol. The molecule has 0 unspecified atom stereocenters. The van der Waals surface area contributed by atoms with Crippen molar-refractivity contribution in [3.63, 3.8) is 0 Å². The van der Waals surface area contributed by atoms with Crippen LogP contribution in [-0.4, -0.2) is 0 Å². The zero-order valence-corrected chi connectivity index (χ0v) is 7.07. The van der Waals surface area contributed by atoms with Gasteiger partial charge in [-0.2, -0.15) is 0 Å². The molecule has 11 heavy (non-hydrogen) atoms. The summed E-state index contributed by atoms with van der Waals surface area (Å²) >= 11 is 0. The van der Waals surface area contributed by atoms with Gasteiger partial charge in [0.2, 0.25) is 0 Å². The Bertz CT molecular complexity index is 148. The predicted molar refractivity (Wildman–Crippen MR) is 46.8 cm³/mol. The highest BCUT2D eigenvalue weighted by atomic mass is 19.1. The molecule has 0 aliphatic rings. The molecule has 0 aromatic heterocycles. The Morgan fingerprint density at radius 1 is 1.27 bits per heavy atom. The van der Waals surface area contributed by atoms with Gasteiger partial charge in [0.05, 0.1) is 0 Å². The molecule has 0 saturated heterocycles. The maximum absolute atomic E-state index is 11.2. The molecule has 0 N–H and O–H groups in total. The molecule has 1 heteroatoms. The standard InChI is InChI=1S/C10H15F/c1-2-3-4-5-6-7-8-9-10-11/h7-8H,2-6H2,1H3. The van der Waals surface area contributed by atoms with Gasteiger partial charge in [-0.15, -0.1) is 4.39 Å². The number of hydrogen-bond acceptors (Lipinski definition) is 0. The molecule has 0 aliphatic heterocycles. The number of hydrogen-bond donors (Lipinski definition) is 0. The van der Waals surface area contributed by atoms with E-state index in [2.05, 4.69) is 12.8 Å². The molecule has 0 aliphatic carbocycles. The molecule has 0 radical (unpaired) electrons. The number of unbranched alkanes of at least 4 members (excludes halogenated alkanes) is 4. The maximum Gasteiger partial charge on any atom is 0.110 e. The van der Waals surface area contributed by atoms with E-state index in [4.69, 9.17) is 0 Å². The summed E-state index contributed by atoms with van der Waals surface area (Å²) in [6, 6.07) is 0. The Morgan fingerprint density at radius 2 is 2.09 bits per heavy atom. The van der Waals surface area contributed by atoms with Gasteiger partial charge in [-0.25, -0.2) is 0 Å². The summed E-state index contributed by atoms with van der Waals surface area (Å²) in [4.78, 5) is 0. The lowest BCUT2D eigenvalue weighted by atomic mass is 10.1. The van der Waals surface area contributed by atoms with Gasteiger partial charge in [0, 0.05) is 0 Å². The second-order valence-electron chi connectivity index (χ2n) is 2.49. The first-order valence-electron chi connectivity index (χ1n) is 4.18. The van der Waals surface area contributed by atoms with Crippen molar-refractivity contribution < 1.29 is 4.39 Å². The van der Waals surface area contributed by atoms with E-state index in [0.717, 1.165) is 6.42 Å². The molecule has 0 spiro atoms. The zero-order valence-electron chi connectivity index (χ0n) is 7.07. The number of allylic oxidation sites excluding steroid dienone is 2. The van der Waals surface area contributed by atoms with Crippen LogP contribution in [0.5, 0.6) is 0 Å². The van der Waals surface area contributed by atoms with Gasteiger partial charge in [0.1, 0.15) is 6.17 Å². The minimum absolute atomic E-state index is 1.02. The van der Waals surface area contributed by atoms with E-state index in [1.165, 1.54) is 31.9 Å². The third-order valence-corrected chi connectivity index (χ3v) is 1.48. The van der Waals surface area contributed by atoms with Gasteiger partial charge >= 0.3 is 0 Å². The summed E-state index contributed by atoms with van der Waals surface area (Å²) in [5.41, 5.74) is 0. The lowest BCUT2D eigenvalue weighted by Crippen LogP contribution is -1.72. The average Bonchev–Trinajstić information content (AvgIpc) is 2.03. The van der Waals surface area contributed by atoms with E-state index in [1.54, 1.807) is 6.08 Å². The van der Waals surface area contributed by atoms with Crippen molar-refractivity contribution >= 4 is 0 Å². The SMILES string of the molecule is CCCCCCC=CC#CF. The van der Waals surface area contributed by atoms with Gasteiger partial charge < -0.3 is 0 Å². The van der Waals surface area contributed by atoms with E-state index in [1.807, 2.05) is 6.08 Å². The van der Waals surface area contributed by atoms with Gasteiger partial charge in [-0.1, -0.05) is 32.3 Å². The molecular formula is C10H15F. The summed E-state index contributed by atoms with van der Waals surface area (Å²) in [6.07, 6.45) is 10.9. The molecule has 0 aromatic rings. The fourth-order valence-corrected chi connectivity index (χ4v) is 0.863. The molecule has 0 heterocycles. The van der Waals surface area contributed by atoms with Crippen molar-refractivity contribution in [1.82, 2.24) is 0 Å². The topological polar surface area (TPSA) is 0 Å². The molecule has 0 rings (SSSR count). The van der Waals surface area contributed by atoms with Crippen molar-refractivity contribution in [2.45, 2.75) is 39.0 Å². The number of rotatable bonds is 5. The van der Waals surface area contributed by atoms with Gasteiger partial charge in [-0.3, -0.25) is 0 Å². The minimum Gasteiger partial charge on any atom is -0.144 e. The van der Waals surface area contributed by atoms with Crippen LogP contribution >= 0.6 is 0 Å². The van der Waals surface area contributed by atoms with Gasteiger partial charge in [-0.05, 0) is 24.8 Å². The lowest BCUT2D eigenvalue weighted by molar-refractivity contribution is 0.674. The Morgan fingerprint density at radius 3 is 2.73 bits per heavy atom. The quantitative estimate of drug-likeness (QED) is 0.420. The third kappa shape index (κ3) is 9.23. The molecule has 0 nitrogen and oxygen atoms in total. The zero-order chi connectivity index (χ0) is 8.36. The van der Waals surface area contributed by atoms with E-state index in [9.17, 15) is 4.39 Å². The van der Waals surface area contributed by atoms with E-state index in [0.29, 0.717) is 0 Å². The largest absolute Gasteiger partial charge is 0.144 e. The molecule has 0 atom stereocenters. The molecule has 0 amide bonds. The second-order valence-corrected chi connectivity index (χ2v) is 2.49. The highest BCUT2D eigenvalue weighted by Gasteiger charge is 1.82. The molecule has 62 valence electrons. The van der Waals surface area contributed by atoms with Crippen molar-refractivity contribution in [1.29, 1.82) is 0 Å². The van der Waals surface area contributed by atoms with Crippen LogP contribution in [0.2, 0.25) is 0 Å². The molecule has 0 aromatic carbocycles. The van der Waals surface area contributed by atoms with Crippen LogP contribution in [0.4, 0.5) is 4.39 Å². The van der Waals surface area contributed by atoms with Crippen LogP contribution in [0.1, 0.15) is 39.0 Å². The van der Waals surface area contributed by atoms with E-state index >= 15 is 0 Å². The normalized spacial score (nSPS) is 9.64. The lowest BCUT2D eigenvalue weighted by Gasteiger charge is -1.92. The van der Waals surface area contributed by atoms with E-state index in [-0.39, 0.29) is 0 Å². The summed E-state index contributed by atoms with van der Waals surface area (Å²) in [5, 5.41) is 0. The average molecular weight is 154 g/mol. The molecule has 0 bridgehead atoms. The van der Waals surface area contributed by atoms with Crippen molar-refractivity contribution in [2.75, 3.05) is 0 Å². The summed E-state index contributed by atoms with van der Waals surface area (Å²) in [5.74, 6) is 2.24. The van der Waals surface area contributed by atoms with Crippen molar-refractivity contribution in [2.24, 2.45) is 0 Å². The van der Waals surface area contributed by atoms with Crippen LogP contribution < -0.4 is 0 Å². The summed E-state index contributed by atoms with van der Waals surface area (Å²) in [7, 11) is 0. The smallest absolute Gasteiger partial charge is 0.110 e. The van der Waals surface area contributed by atoms with Crippen LogP contribution in [0.3, 0.4) is 0 Å². The van der Waals surface area contributed by atoms with Crippen LogP contribution in [-0.2, 0) is 0 Å². The van der Waals surface area contributed by atoms with Gasteiger partial charge in [0.25, 0.3) is 0 Å². The minimum atomic E-state index is 1.02. The van der Waals surface area contributed by atoms with Crippen LogP contribution in [0, 0.1) is 12.1 Å². The second kappa shape index (κ2) is 9.23. The first kappa shape index (κ1) is 10.2.